The second-order valence-electron chi connectivity index (χ2n) is 5.08. The first kappa shape index (κ1) is 14.0. The number of amides is 1. The molecular formula is C13H23NO3. The molecule has 0 heterocycles. The van der Waals surface area contributed by atoms with E-state index >= 15 is 0 Å². The lowest BCUT2D eigenvalue weighted by molar-refractivity contribution is -0.139. The van der Waals surface area contributed by atoms with E-state index in [1.165, 1.54) is 6.42 Å². The number of rotatable bonds is 7. The van der Waals surface area contributed by atoms with Gasteiger partial charge >= 0.3 is 5.97 Å². The molecule has 0 bridgehead atoms. The molecule has 0 atom stereocenters. The van der Waals surface area contributed by atoms with E-state index in [2.05, 4.69) is 0 Å². The molecule has 17 heavy (non-hydrogen) atoms. The van der Waals surface area contributed by atoms with Gasteiger partial charge in [-0.05, 0) is 46.0 Å². The Morgan fingerprint density at radius 3 is 2.24 bits per heavy atom. The minimum Gasteiger partial charge on any atom is -0.481 e. The molecule has 4 heteroatoms. The predicted octanol–water partition coefficient (Wildman–Crippen LogP) is 2.42. The number of aliphatic carboxylic acids is 1. The van der Waals surface area contributed by atoms with Crippen LogP contribution in [0.2, 0.25) is 0 Å². The highest BCUT2D eigenvalue weighted by atomic mass is 16.4. The monoisotopic (exact) mass is 241 g/mol. The molecule has 0 aromatic rings. The molecule has 1 rings (SSSR count). The zero-order chi connectivity index (χ0) is 12.8. The van der Waals surface area contributed by atoms with Crippen LogP contribution in [0.3, 0.4) is 0 Å². The third kappa shape index (κ3) is 4.36. The second-order valence-corrected chi connectivity index (χ2v) is 5.08. The third-order valence-electron chi connectivity index (χ3n) is 3.34. The maximum Gasteiger partial charge on any atom is 0.303 e. The quantitative estimate of drug-likeness (QED) is 0.696. The van der Waals surface area contributed by atoms with E-state index in [-0.39, 0.29) is 18.4 Å². The van der Waals surface area contributed by atoms with Crippen LogP contribution >= 0.6 is 0 Å². The number of carbonyl (C=O) groups is 2. The lowest BCUT2D eigenvalue weighted by atomic mass is 9.90. The Morgan fingerprint density at radius 1 is 1.24 bits per heavy atom. The van der Waals surface area contributed by atoms with Crippen LogP contribution in [0.4, 0.5) is 0 Å². The van der Waals surface area contributed by atoms with Crippen molar-refractivity contribution in [2.75, 3.05) is 0 Å². The summed E-state index contributed by atoms with van der Waals surface area (Å²) in [5.74, 6) is -0.591. The third-order valence-corrected chi connectivity index (χ3v) is 3.34. The summed E-state index contributed by atoms with van der Waals surface area (Å²) in [4.78, 5) is 24.4. The van der Waals surface area contributed by atoms with Crippen molar-refractivity contribution < 1.29 is 14.7 Å². The minimum atomic E-state index is -0.780. The van der Waals surface area contributed by atoms with Crippen molar-refractivity contribution in [2.45, 2.75) is 70.9 Å². The minimum absolute atomic E-state index is 0.165. The molecule has 1 saturated carbocycles. The molecule has 98 valence electrons. The van der Waals surface area contributed by atoms with Crippen LogP contribution in [0.1, 0.15) is 58.8 Å². The Morgan fingerprint density at radius 2 is 1.82 bits per heavy atom. The SMILES string of the molecule is CC(C)N(C(=O)CCCCC(=O)O)C1CCC1. The molecule has 4 nitrogen and oxygen atoms in total. The molecule has 1 N–H and O–H groups in total. The zero-order valence-electron chi connectivity index (χ0n) is 10.8. The van der Waals surface area contributed by atoms with Crippen molar-refractivity contribution in [3.63, 3.8) is 0 Å². The molecule has 0 aromatic carbocycles. The Bertz CT molecular complexity index is 272. The number of carbonyl (C=O) groups excluding carboxylic acids is 1. The highest BCUT2D eigenvalue weighted by Gasteiger charge is 2.29. The summed E-state index contributed by atoms with van der Waals surface area (Å²) in [5, 5.41) is 8.52. The van der Waals surface area contributed by atoms with Gasteiger partial charge in [-0.15, -0.1) is 0 Å². The van der Waals surface area contributed by atoms with Crippen LogP contribution in [0.5, 0.6) is 0 Å². The smallest absolute Gasteiger partial charge is 0.303 e. The topological polar surface area (TPSA) is 57.6 Å². The Labute approximate surface area is 103 Å². The first-order valence-electron chi connectivity index (χ1n) is 6.55. The van der Waals surface area contributed by atoms with Gasteiger partial charge in [0.15, 0.2) is 0 Å². The Hall–Kier alpha value is -1.06. The number of hydrogen-bond acceptors (Lipinski definition) is 2. The molecule has 0 unspecified atom stereocenters. The van der Waals surface area contributed by atoms with Crippen LogP contribution in [0, 0.1) is 0 Å². The molecule has 0 radical (unpaired) electrons. The number of nitrogens with zero attached hydrogens (tertiary/aromatic N) is 1. The van der Waals surface area contributed by atoms with Gasteiger partial charge in [0.05, 0.1) is 0 Å². The lowest BCUT2D eigenvalue weighted by Gasteiger charge is -2.40. The summed E-state index contributed by atoms with van der Waals surface area (Å²) in [6, 6.07) is 0.689. The molecule has 0 spiro atoms. The van der Waals surface area contributed by atoms with E-state index in [9.17, 15) is 9.59 Å². The molecule has 1 aliphatic rings. The maximum absolute atomic E-state index is 12.0. The summed E-state index contributed by atoms with van der Waals surface area (Å²) in [7, 11) is 0. The van der Waals surface area contributed by atoms with Gasteiger partial charge in [0, 0.05) is 24.9 Å². The average molecular weight is 241 g/mol. The van der Waals surface area contributed by atoms with E-state index in [1.807, 2.05) is 18.7 Å². The van der Waals surface area contributed by atoms with Gasteiger partial charge in [0.1, 0.15) is 0 Å². The fourth-order valence-corrected chi connectivity index (χ4v) is 2.26. The van der Waals surface area contributed by atoms with Gasteiger partial charge < -0.3 is 10.0 Å². The number of carboxylic acid groups (broad SMARTS) is 1. The van der Waals surface area contributed by atoms with Gasteiger partial charge in [-0.25, -0.2) is 0 Å². The van der Waals surface area contributed by atoms with Crippen LogP contribution in [0.15, 0.2) is 0 Å². The molecule has 1 aliphatic carbocycles. The molecule has 0 aromatic heterocycles. The molecule has 1 amide bonds. The van der Waals surface area contributed by atoms with E-state index in [0.29, 0.717) is 25.3 Å². The highest BCUT2D eigenvalue weighted by Crippen LogP contribution is 2.27. The van der Waals surface area contributed by atoms with Crippen molar-refractivity contribution >= 4 is 11.9 Å². The summed E-state index contributed by atoms with van der Waals surface area (Å²) in [5.41, 5.74) is 0. The predicted molar refractivity (Wildman–Crippen MR) is 65.7 cm³/mol. The van der Waals surface area contributed by atoms with Crippen molar-refractivity contribution in [1.82, 2.24) is 4.90 Å². The molecule has 0 saturated heterocycles. The van der Waals surface area contributed by atoms with Crippen LogP contribution < -0.4 is 0 Å². The van der Waals surface area contributed by atoms with Crippen LogP contribution in [-0.2, 0) is 9.59 Å². The zero-order valence-corrected chi connectivity index (χ0v) is 10.8. The van der Waals surface area contributed by atoms with Crippen LogP contribution in [-0.4, -0.2) is 34.0 Å². The lowest BCUT2D eigenvalue weighted by Crippen LogP contribution is -2.48. The molecular weight excluding hydrogens is 218 g/mol. The average Bonchev–Trinajstić information content (AvgIpc) is 2.16. The summed E-state index contributed by atoms with van der Waals surface area (Å²) >= 11 is 0. The Balaban J connectivity index is 2.30. The summed E-state index contributed by atoms with van der Waals surface area (Å²) in [6.45, 7) is 4.10. The van der Waals surface area contributed by atoms with Crippen LogP contribution in [0.25, 0.3) is 0 Å². The van der Waals surface area contributed by atoms with E-state index in [4.69, 9.17) is 5.11 Å². The molecule has 1 fully saturated rings. The highest BCUT2D eigenvalue weighted by molar-refractivity contribution is 5.77. The first-order valence-corrected chi connectivity index (χ1v) is 6.55. The number of hydrogen-bond donors (Lipinski definition) is 1. The van der Waals surface area contributed by atoms with Crippen molar-refractivity contribution in [1.29, 1.82) is 0 Å². The normalized spacial score (nSPS) is 15.7. The van der Waals surface area contributed by atoms with Gasteiger partial charge in [-0.3, -0.25) is 9.59 Å². The van der Waals surface area contributed by atoms with E-state index in [1.54, 1.807) is 0 Å². The van der Waals surface area contributed by atoms with E-state index in [0.717, 1.165) is 12.8 Å². The largest absolute Gasteiger partial charge is 0.481 e. The standard InChI is InChI=1S/C13H23NO3/c1-10(2)14(11-6-5-7-11)12(15)8-3-4-9-13(16)17/h10-11H,3-9H2,1-2H3,(H,16,17). The number of carboxylic acids is 1. The first-order chi connectivity index (χ1) is 8.02. The van der Waals surface area contributed by atoms with Crippen molar-refractivity contribution in [2.24, 2.45) is 0 Å². The molecule has 0 aliphatic heterocycles. The fourth-order valence-electron chi connectivity index (χ4n) is 2.26. The van der Waals surface area contributed by atoms with Crippen molar-refractivity contribution in [3.8, 4) is 0 Å². The second kappa shape index (κ2) is 6.62. The van der Waals surface area contributed by atoms with Gasteiger partial charge in [0.2, 0.25) is 5.91 Å². The Kier molecular flexibility index (Phi) is 5.45. The summed E-state index contributed by atoms with van der Waals surface area (Å²) in [6.07, 6.45) is 5.40. The van der Waals surface area contributed by atoms with Gasteiger partial charge in [0.25, 0.3) is 0 Å². The number of unbranched alkanes of at least 4 members (excludes halogenated alkanes) is 1. The summed E-state index contributed by atoms with van der Waals surface area (Å²) < 4.78 is 0. The van der Waals surface area contributed by atoms with Gasteiger partial charge in [-0.2, -0.15) is 0 Å². The maximum atomic E-state index is 12.0. The fraction of sp³-hybridized carbons (Fsp3) is 0.846. The van der Waals surface area contributed by atoms with Crippen molar-refractivity contribution in [3.05, 3.63) is 0 Å². The van der Waals surface area contributed by atoms with Gasteiger partial charge in [-0.1, -0.05) is 0 Å². The van der Waals surface area contributed by atoms with E-state index < -0.39 is 5.97 Å².